The van der Waals surface area contributed by atoms with Crippen LogP contribution >= 0.6 is 0 Å². The van der Waals surface area contributed by atoms with Crippen molar-refractivity contribution >= 4 is 11.8 Å². The molecule has 2 atom stereocenters. The summed E-state index contributed by atoms with van der Waals surface area (Å²) in [6.07, 6.45) is 3.09. The minimum atomic E-state index is -0.447. The molecule has 132 valence electrons. The molecule has 8 nitrogen and oxygen atoms in total. The molecule has 2 aliphatic rings. The summed E-state index contributed by atoms with van der Waals surface area (Å²) in [7, 11) is 0. The molecule has 2 aromatic rings. The van der Waals surface area contributed by atoms with Gasteiger partial charge in [-0.3, -0.25) is 9.59 Å². The first-order valence-electron chi connectivity index (χ1n) is 8.61. The minimum Gasteiger partial charge on any atom is -0.469 e. The Bertz CT molecular complexity index is 769. The van der Waals surface area contributed by atoms with Gasteiger partial charge in [-0.05, 0) is 25.5 Å². The second-order valence-electron chi connectivity index (χ2n) is 6.44. The molecule has 0 radical (unpaired) electrons. The van der Waals surface area contributed by atoms with Gasteiger partial charge in [0.25, 0.3) is 0 Å². The van der Waals surface area contributed by atoms with Crippen LogP contribution < -0.4 is 0 Å². The summed E-state index contributed by atoms with van der Waals surface area (Å²) in [5.74, 6) is 1.78. The number of nitrogens with zero attached hydrogens (tertiary/aromatic N) is 4. The molecule has 2 amide bonds. The van der Waals surface area contributed by atoms with Crippen LogP contribution in [0.2, 0.25) is 0 Å². The number of amides is 2. The van der Waals surface area contributed by atoms with Crippen LogP contribution in [-0.2, 0) is 16.0 Å². The largest absolute Gasteiger partial charge is 0.469 e. The zero-order valence-corrected chi connectivity index (χ0v) is 14.1. The molecule has 0 bridgehead atoms. The predicted molar refractivity (Wildman–Crippen MR) is 85.6 cm³/mol. The average molecular weight is 344 g/mol. The van der Waals surface area contributed by atoms with Gasteiger partial charge in [-0.15, -0.1) is 0 Å². The second-order valence-corrected chi connectivity index (χ2v) is 6.44. The number of hydrogen-bond acceptors (Lipinski definition) is 6. The predicted octanol–water partition coefficient (Wildman–Crippen LogP) is 1.17. The Hall–Kier alpha value is -2.64. The third-order valence-electron chi connectivity index (χ3n) is 4.88. The van der Waals surface area contributed by atoms with E-state index in [-0.39, 0.29) is 5.92 Å². The first-order valence-corrected chi connectivity index (χ1v) is 8.61. The highest BCUT2D eigenvalue weighted by molar-refractivity contribution is 6.35. The van der Waals surface area contributed by atoms with Gasteiger partial charge in [0.2, 0.25) is 5.89 Å². The Balaban J connectivity index is 1.32. The Morgan fingerprint density at radius 3 is 2.76 bits per heavy atom. The van der Waals surface area contributed by atoms with Gasteiger partial charge in [0.1, 0.15) is 5.76 Å². The van der Waals surface area contributed by atoms with Gasteiger partial charge in [0.05, 0.1) is 6.26 Å². The number of likely N-dealkylation sites (N-methyl/N-ethyl adjacent to an activating group) is 1. The van der Waals surface area contributed by atoms with Gasteiger partial charge in [-0.2, -0.15) is 4.98 Å². The summed E-state index contributed by atoms with van der Waals surface area (Å²) in [6, 6.07) is 3.83. The zero-order chi connectivity index (χ0) is 17.4. The maximum atomic E-state index is 12.1. The van der Waals surface area contributed by atoms with Crippen molar-refractivity contribution in [3.05, 3.63) is 35.9 Å². The van der Waals surface area contributed by atoms with Crippen molar-refractivity contribution in [2.75, 3.05) is 26.2 Å². The molecule has 2 fully saturated rings. The highest BCUT2D eigenvalue weighted by Crippen LogP contribution is 2.54. The Morgan fingerprint density at radius 2 is 2.00 bits per heavy atom. The Kier molecular flexibility index (Phi) is 4.03. The van der Waals surface area contributed by atoms with Crippen molar-refractivity contribution in [2.24, 2.45) is 0 Å². The Morgan fingerprint density at radius 1 is 1.20 bits per heavy atom. The summed E-state index contributed by atoms with van der Waals surface area (Å²) in [5.41, 5.74) is 0. The average Bonchev–Trinajstić information content (AvgIpc) is 3.03. The number of aromatic nitrogens is 2. The van der Waals surface area contributed by atoms with Crippen LogP contribution in [0.5, 0.6) is 0 Å². The molecule has 1 saturated carbocycles. The van der Waals surface area contributed by atoms with E-state index in [0.29, 0.717) is 50.2 Å². The number of rotatable bonds is 6. The number of furan rings is 1. The van der Waals surface area contributed by atoms with Crippen LogP contribution in [0, 0.1) is 0 Å². The smallest absolute Gasteiger partial charge is 0.312 e. The van der Waals surface area contributed by atoms with E-state index < -0.39 is 11.8 Å². The summed E-state index contributed by atoms with van der Waals surface area (Å²) < 4.78 is 10.8. The summed E-state index contributed by atoms with van der Waals surface area (Å²) in [5, 5.41) is 4.00. The van der Waals surface area contributed by atoms with Crippen LogP contribution in [0.15, 0.2) is 27.3 Å². The summed E-state index contributed by atoms with van der Waals surface area (Å²) in [6.45, 7) is 3.98. The van der Waals surface area contributed by atoms with E-state index in [9.17, 15) is 9.59 Å². The molecule has 0 aromatic carbocycles. The lowest BCUT2D eigenvalue weighted by molar-refractivity contribution is -0.155. The lowest BCUT2D eigenvalue weighted by Gasteiger charge is -2.32. The normalized spacial score (nSPS) is 23.4. The van der Waals surface area contributed by atoms with Crippen molar-refractivity contribution < 1.29 is 18.5 Å². The van der Waals surface area contributed by atoms with Crippen LogP contribution in [0.3, 0.4) is 0 Å². The Labute approximate surface area is 144 Å². The first kappa shape index (κ1) is 15.9. The molecule has 1 aliphatic heterocycles. The highest BCUT2D eigenvalue weighted by atomic mass is 16.5. The molecular weight excluding hydrogens is 324 g/mol. The minimum absolute atomic E-state index is 0.212. The highest BCUT2D eigenvalue weighted by Gasteiger charge is 2.45. The molecule has 8 heteroatoms. The molecule has 0 spiro atoms. The van der Waals surface area contributed by atoms with E-state index >= 15 is 0 Å². The van der Waals surface area contributed by atoms with Gasteiger partial charge in [0, 0.05) is 44.4 Å². The summed E-state index contributed by atoms with van der Waals surface area (Å²) >= 11 is 0. The maximum absolute atomic E-state index is 12.1. The number of hydrogen-bond donors (Lipinski definition) is 0. The lowest BCUT2D eigenvalue weighted by atomic mass is 10.2. The topological polar surface area (TPSA) is 92.7 Å². The van der Waals surface area contributed by atoms with Gasteiger partial charge >= 0.3 is 11.8 Å². The third kappa shape index (κ3) is 3.04. The van der Waals surface area contributed by atoms with E-state index in [4.69, 9.17) is 8.94 Å². The second kappa shape index (κ2) is 6.34. The molecule has 2 aromatic heterocycles. The number of piperazine rings is 1. The van der Waals surface area contributed by atoms with Crippen molar-refractivity contribution in [3.63, 3.8) is 0 Å². The molecule has 3 heterocycles. The van der Waals surface area contributed by atoms with Crippen LogP contribution in [0.25, 0.3) is 0 Å². The first-order chi connectivity index (χ1) is 12.2. The molecule has 1 saturated heterocycles. The molecule has 0 N–H and O–H groups in total. The molecule has 1 aliphatic carbocycles. The van der Waals surface area contributed by atoms with E-state index in [0.717, 1.165) is 12.2 Å². The molecular formula is C17H20N4O4. The fraction of sp³-hybridized carbons (Fsp3) is 0.529. The van der Waals surface area contributed by atoms with E-state index in [1.165, 1.54) is 0 Å². The zero-order valence-electron chi connectivity index (χ0n) is 14.1. The third-order valence-corrected chi connectivity index (χ3v) is 4.88. The van der Waals surface area contributed by atoms with Gasteiger partial charge in [-0.25, -0.2) is 0 Å². The van der Waals surface area contributed by atoms with Crippen molar-refractivity contribution in [3.8, 4) is 0 Å². The van der Waals surface area contributed by atoms with Crippen molar-refractivity contribution in [1.29, 1.82) is 0 Å². The SMILES string of the molecule is CCN1CCN(CCc2noc([C@@H]3C[C@H]3c3ccco3)n2)C(=O)C1=O. The standard InChI is InChI=1S/C17H20N4O4/c1-2-20-7-8-21(17(23)16(20)22)6-5-14-18-15(25-19-14)12-10-11(12)13-4-3-9-24-13/h3-4,9,11-12H,2,5-8,10H2,1H3/t11-,12-/m1/s1. The molecule has 4 rings (SSSR count). The van der Waals surface area contributed by atoms with E-state index in [1.54, 1.807) is 16.1 Å². The van der Waals surface area contributed by atoms with Crippen LogP contribution in [-0.4, -0.2) is 57.9 Å². The number of carbonyl (C=O) groups is 2. The van der Waals surface area contributed by atoms with Crippen molar-refractivity contribution in [2.45, 2.75) is 31.6 Å². The maximum Gasteiger partial charge on any atom is 0.312 e. The molecule has 0 unspecified atom stereocenters. The monoisotopic (exact) mass is 344 g/mol. The van der Waals surface area contributed by atoms with E-state index in [1.807, 2.05) is 19.1 Å². The van der Waals surface area contributed by atoms with Crippen molar-refractivity contribution in [1.82, 2.24) is 19.9 Å². The van der Waals surface area contributed by atoms with E-state index in [2.05, 4.69) is 10.1 Å². The van der Waals surface area contributed by atoms with Crippen LogP contribution in [0.1, 0.15) is 42.7 Å². The van der Waals surface area contributed by atoms with Crippen LogP contribution in [0.4, 0.5) is 0 Å². The lowest BCUT2D eigenvalue weighted by Crippen LogP contribution is -2.54. The van der Waals surface area contributed by atoms with Gasteiger partial charge < -0.3 is 18.7 Å². The quantitative estimate of drug-likeness (QED) is 0.730. The van der Waals surface area contributed by atoms with Gasteiger partial charge in [-0.1, -0.05) is 5.16 Å². The fourth-order valence-electron chi connectivity index (χ4n) is 3.27. The fourth-order valence-corrected chi connectivity index (χ4v) is 3.27. The summed E-state index contributed by atoms with van der Waals surface area (Å²) in [4.78, 5) is 31.5. The number of carbonyl (C=O) groups excluding carboxylic acids is 2. The van der Waals surface area contributed by atoms with Gasteiger partial charge in [0.15, 0.2) is 5.82 Å². The molecule has 25 heavy (non-hydrogen) atoms.